The van der Waals surface area contributed by atoms with E-state index in [9.17, 15) is 14.0 Å². The Hall–Kier alpha value is -3.41. The highest BCUT2D eigenvalue weighted by molar-refractivity contribution is 5.75. The molecule has 2 unspecified atom stereocenters. The molecule has 32 heavy (non-hydrogen) atoms. The van der Waals surface area contributed by atoms with Crippen LogP contribution < -0.4 is 16.0 Å². The van der Waals surface area contributed by atoms with E-state index < -0.39 is 23.3 Å². The highest BCUT2D eigenvalue weighted by atomic mass is 19.1. The van der Waals surface area contributed by atoms with Crippen molar-refractivity contribution in [3.05, 3.63) is 62.2 Å². The van der Waals surface area contributed by atoms with Crippen molar-refractivity contribution in [1.82, 2.24) is 9.55 Å². The molecule has 8 nitrogen and oxygen atoms in total. The largest absolute Gasteiger partial charge is 0.453 e. The van der Waals surface area contributed by atoms with Crippen LogP contribution in [0.2, 0.25) is 0 Å². The maximum Gasteiger partial charge on any atom is 0.331 e. The fourth-order valence-electron chi connectivity index (χ4n) is 3.75. The molecule has 9 heteroatoms. The van der Waals surface area contributed by atoms with Crippen molar-refractivity contribution < 1.29 is 13.9 Å². The first kappa shape index (κ1) is 23.3. The van der Waals surface area contributed by atoms with Gasteiger partial charge in [-0.3, -0.25) is 19.3 Å². The zero-order chi connectivity index (χ0) is 23.3. The molecule has 170 valence electrons. The second-order valence-corrected chi connectivity index (χ2v) is 8.09. The van der Waals surface area contributed by atoms with Crippen molar-refractivity contribution in [2.75, 3.05) is 6.54 Å². The minimum absolute atomic E-state index is 0.0864. The number of nitrogens with zero attached hydrogens (tertiary/aromatic N) is 3. The van der Waals surface area contributed by atoms with E-state index in [4.69, 9.17) is 14.7 Å². The van der Waals surface area contributed by atoms with Gasteiger partial charge in [0.25, 0.3) is 11.5 Å². The molecule has 0 saturated heterocycles. The fourth-order valence-corrected chi connectivity index (χ4v) is 3.75. The summed E-state index contributed by atoms with van der Waals surface area (Å²) < 4.78 is 26.9. The third kappa shape index (κ3) is 5.44. The summed E-state index contributed by atoms with van der Waals surface area (Å²) in [5.41, 5.74) is 0.0714. The third-order valence-electron chi connectivity index (χ3n) is 5.38. The average molecular weight is 442 g/mol. The summed E-state index contributed by atoms with van der Waals surface area (Å²) in [6.45, 7) is 6.15. The van der Waals surface area contributed by atoms with Crippen molar-refractivity contribution in [1.29, 1.82) is 5.26 Å². The van der Waals surface area contributed by atoms with Crippen LogP contribution in [-0.2, 0) is 11.3 Å². The van der Waals surface area contributed by atoms with E-state index in [2.05, 4.69) is 9.98 Å². The third-order valence-corrected chi connectivity index (χ3v) is 5.38. The van der Waals surface area contributed by atoms with E-state index in [1.165, 1.54) is 10.6 Å². The van der Waals surface area contributed by atoms with Gasteiger partial charge in [-0.2, -0.15) is 9.65 Å². The molecule has 0 aliphatic carbocycles. The first-order valence-electron chi connectivity index (χ1n) is 10.7. The summed E-state index contributed by atoms with van der Waals surface area (Å²) in [6, 6.07) is 1.93. The van der Waals surface area contributed by atoms with Crippen molar-refractivity contribution >= 4 is 5.97 Å². The molecular weight excluding hydrogens is 415 g/mol. The minimum atomic E-state index is -0.624. The maximum atomic E-state index is 13.7. The Balaban J connectivity index is 2.03. The molecule has 1 aromatic heterocycles. The molecule has 0 spiro atoms. The van der Waals surface area contributed by atoms with Crippen LogP contribution in [0.3, 0.4) is 0 Å². The maximum absolute atomic E-state index is 13.7. The fraction of sp³-hybridized carbons (Fsp3) is 0.478. The van der Waals surface area contributed by atoms with Gasteiger partial charge in [-0.05, 0) is 42.4 Å². The lowest BCUT2D eigenvalue weighted by atomic mass is 9.99. The summed E-state index contributed by atoms with van der Waals surface area (Å²) in [7, 11) is 0. The quantitative estimate of drug-likeness (QED) is 0.650. The topological polar surface area (TPSA) is 109 Å². The smallest absolute Gasteiger partial charge is 0.331 e. The molecule has 3 heterocycles. The molecule has 2 atom stereocenters. The van der Waals surface area contributed by atoms with Gasteiger partial charge in [-0.25, -0.2) is 4.79 Å². The molecule has 0 fully saturated rings. The van der Waals surface area contributed by atoms with E-state index in [0.29, 0.717) is 24.9 Å². The van der Waals surface area contributed by atoms with Gasteiger partial charge < -0.3 is 9.47 Å². The van der Waals surface area contributed by atoms with Gasteiger partial charge in [-0.15, -0.1) is 0 Å². The highest BCUT2D eigenvalue weighted by Gasteiger charge is 2.26. The number of allylic oxidation sites excluding steroid dienone is 3. The van der Waals surface area contributed by atoms with Gasteiger partial charge in [-0.1, -0.05) is 20.8 Å². The summed E-state index contributed by atoms with van der Waals surface area (Å²) in [6.07, 6.45) is 7.40. The standard InChI is InChI=1S/C23H27FN4O4/c1-4-15-10-17(6-5-8-25)31-19(12-15)32-22-20(14(2)3)21(29)27-23(30)28(22)13-16-7-9-26-18(24)11-16/h5-6,10,12,14,16-17H,4,7,9,11,13H2,1-3H3,(H,27,29,30)/b6-5+. The van der Waals surface area contributed by atoms with E-state index in [1.54, 1.807) is 12.2 Å². The number of ether oxygens (including phenoxy) is 2. The molecule has 0 aromatic carbocycles. The van der Waals surface area contributed by atoms with Crippen molar-refractivity contribution in [3.8, 4) is 11.9 Å². The summed E-state index contributed by atoms with van der Waals surface area (Å²) >= 11 is 0. The number of hydrogen-bond donors (Lipinski definition) is 1. The lowest BCUT2D eigenvalue weighted by Gasteiger charge is -2.25. The Morgan fingerprint density at radius 2 is 2.25 bits per heavy atom. The Morgan fingerprint density at radius 1 is 1.47 bits per heavy atom. The van der Waals surface area contributed by atoms with Gasteiger partial charge in [0.1, 0.15) is 6.10 Å². The molecule has 0 bridgehead atoms. The van der Waals surface area contributed by atoms with Gasteiger partial charge in [0.15, 0.2) is 5.97 Å². The van der Waals surface area contributed by atoms with Crippen LogP contribution >= 0.6 is 0 Å². The van der Waals surface area contributed by atoms with E-state index >= 15 is 0 Å². The van der Waals surface area contributed by atoms with Gasteiger partial charge in [0.05, 0.1) is 11.6 Å². The number of halogens is 1. The van der Waals surface area contributed by atoms with Crippen LogP contribution in [0.15, 0.2) is 50.4 Å². The van der Waals surface area contributed by atoms with Crippen LogP contribution in [0, 0.1) is 17.2 Å². The first-order valence-corrected chi connectivity index (χ1v) is 10.7. The lowest BCUT2D eigenvalue weighted by molar-refractivity contribution is 0.0794. The molecule has 1 aromatic rings. The van der Waals surface area contributed by atoms with Crippen LogP contribution in [-0.4, -0.2) is 28.2 Å². The summed E-state index contributed by atoms with van der Waals surface area (Å²) in [4.78, 5) is 31.5. The lowest BCUT2D eigenvalue weighted by Crippen LogP contribution is -2.36. The molecule has 2 aliphatic rings. The normalized spacial score (nSPS) is 20.9. The molecule has 0 saturated carbocycles. The zero-order valence-corrected chi connectivity index (χ0v) is 18.4. The number of aromatic nitrogens is 2. The predicted octanol–water partition coefficient (Wildman–Crippen LogP) is 3.47. The van der Waals surface area contributed by atoms with Crippen LogP contribution in [0.5, 0.6) is 5.88 Å². The minimum Gasteiger partial charge on any atom is -0.453 e. The number of rotatable bonds is 7. The van der Waals surface area contributed by atoms with Crippen LogP contribution in [0.25, 0.3) is 0 Å². The number of H-pyrrole nitrogens is 1. The number of nitriles is 1. The number of hydrogen-bond acceptors (Lipinski definition) is 6. The van der Waals surface area contributed by atoms with E-state index in [0.717, 1.165) is 5.57 Å². The second-order valence-electron chi connectivity index (χ2n) is 8.09. The van der Waals surface area contributed by atoms with Crippen molar-refractivity contribution in [2.45, 2.75) is 58.6 Å². The van der Waals surface area contributed by atoms with Crippen molar-refractivity contribution in [2.24, 2.45) is 10.9 Å². The summed E-state index contributed by atoms with van der Waals surface area (Å²) in [5, 5.41) is 8.82. The van der Waals surface area contributed by atoms with E-state index in [-0.39, 0.29) is 36.6 Å². The SMILES string of the molecule is CCC1=CC(/C=C/C#N)OC(Oc2c(C(C)C)c(=O)[nH]c(=O)n2CC2CCN=C(F)C2)=C1. The van der Waals surface area contributed by atoms with Gasteiger partial charge in [0.2, 0.25) is 5.88 Å². The Morgan fingerprint density at radius 3 is 2.91 bits per heavy atom. The molecule has 0 radical (unpaired) electrons. The average Bonchev–Trinajstić information content (AvgIpc) is 2.74. The first-order chi connectivity index (χ1) is 15.3. The molecule has 2 aliphatic heterocycles. The zero-order valence-electron chi connectivity index (χ0n) is 18.4. The van der Waals surface area contributed by atoms with Gasteiger partial charge >= 0.3 is 5.69 Å². The highest BCUT2D eigenvalue weighted by Crippen LogP contribution is 2.29. The number of nitrogens with one attached hydrogen (secondary N) is 1. The molecule has 3 rings (SSSR count). The predicted molar refractivity (Wildman–Crippen MR) is 118 cm³/mol. The molecule has 1 N–H and O–H groups in total. The van der Waals surface area contributed by atoms with Crippen molar-refractivity contribution in [3.63, 3.8) is 0 Å². The number of aliphatic imine (C=N–C) groups is 1. The van der Waals surface area contributed by atoms with Crippen LogP contribution in [0.4, 0.5) is 4.39 Å². The summed E-state index contributed by atoms with van der Waals surface area (Å²) in [5.74, 6) is -0.632. The second kappa shape index (κ2) is 10.3. The van der Waals surface area contributed by atoms with Crippen LogP contribution in [0.1, 0.15) is 51.5 Å². The Kier molecular flexibility index (Phi) is 7.46. The molecule has 0 amide bonds. The van der Waals surface area contributed by atoms with Gasteiger partial charge in [0, 0.05) is 31.7 Å². The van der Waals surface area contributed by atoms with E-state index in [1.807, 2.05) is 32.9 Å². The Bertz CT molecular complexity index is 1130. The Labute approximate surface area is 185 Å². The molecular formula is C23H27FN4O4. The monoisotopic (exact) mass is 442 g/mol. The number of aromatic amines is 1.